The van der Waals surface area contributed by atoms with E-state index in [2.05, 4.69) is 4.72 Å². The van der Waals surface area contributed by atoms with Gasteiger partial charge in [-0.2, -0.15) is 0 Å². The summed E-state index contributed by atoms with van der Waals surface area (Å²) in [6.45, 7) is 2.63. The molecule has 0 saturated heterocycles. The number of aromatic nitrogens is 1. The maximum atomic E-state index is 12.7. The lowest BCUT2D eigenvalue weighted by molar-refractivity contribution is 0.601. The molecular weight excluding hydrogens is 376 g/mol. The van der Waals surface area contributed by atoms with E-state index < -0.39 is 10.0 Å². The van der Waals surface area contributed by atoms with Crippen molar-refractivity contribution in [3.8, 4) is 0 Å². The molecule has 0 radical (unpaired) electrons. The van der Waals surface area contributed by atoms with Gasteiger partial charge in [-0.25, -0.2) is 8.42 Å². The summed E-state index contributed by atoms with van der Waals surface area (Å²) in [4.78, 5) is 13.1. The lowest BCUT2D eigenvalue weighted by Crippen LogP contribution is -2.13. The van der Waals surface area contributed by atoms with Gasteiger partial charge in [-0.1, -0.05) is 24.3 Å². The highest BCUT2D eigenvalue weighted by Gasteiger charge is 2.17. The molecule has 1 N–H and O–H groups in total. The Kier molecular flexibility index (Phi) is 5.21. The lowest BCUT2D eigenvalue weighted by Gasteiger charge is -2.09. The minimum Gasteiger partial charge on any atom is -0.299 e. The molecule has 0 aliphatic heterocycles. The van der Waals surface area contributed by atoms with Crippen molar-refractivity contribution in [1.82, 2.24) is 4.57 Å². The van der Waals surface area contributed by atoms with Crippen molar-refractivity contribution in [2.45, 2.75) is 29.7 Å². The monoisotopic (exact) mass is 394 g/mol. The Morgan fingerprint density at radius 2 is 2.00 bits per heavy atom. The van der Waals surface area contributed by atoms with Gasteiger partial charge in [-0.05, 0) is 49.1 Å². The molecule has 0 aliphatic carbocycles. The van der Waals surface area contributed by atoms with Crippen molar-refractivity contribution >= 4 is 49.0 Å². The molecule has 0 atom stereocenters. The van der Waals surface area contributed by atoms with Gasteiger partial charge >= 0.3 is 4.87 Å². The van der Waals surface area contributed by atoms with E-state index in [1.165, 1.54) is 0 Å². The van der Waals surface area contributed by atoms with Crippen LogP contribution in [-0.4, -0.2) is 19.2 Å². The highest BCUT2D eigenvalue weighted by atomic mass is 32.2. The molecule has 132 valence electrons. The number of anilines is 1. The van der Waals surface area contributed by atoms with Crippen LogP contribution in [0.25, 0.3) is 10.2 Å². The van der Waals surface area contributed by atoms with Gasteiger partial charge in [0.1, 0.15) is 0 Å². The molecule has 0 saturated carbocycles. The highest BCUT2D eigenvalue weighted by molar-refractivity contribution is 7.98. The predicted octanol–water partition coefficient (Wildman–Crippen LogP) is 4.00. The Hall–Kier alpha value is -1.77. The average Bonchev–Trinajstić information content (AvgIpc) is 2.90. The van der Waals surface area contributed by atoms with Gasteiger partial charge in [-0.15, -0.1) is 11.8 Å². The summed E-state index contributed by atoms with van der Waals surface area (Å²) in [6, 6.07) is 12.0. The predicted molar refractivity (Wildman–Crippen MR) is 105 cm³/mol. The molecule has 3 aromatic rings. The van der Waals surface area contributed by atoms with Crippen LogP contribution in [0.15, 0.2) is 57.1 Å². The fraction of sp³-hybridized carbons (Fsp3) is 0.235. The molecule has 25 heavy (non-hydrogen) atoms. The second kappa shape index (κ2) is 7.23. The van der Waals surface area contributed by atoms with E-state index in [0.717, 1.165) is 28.2 Å². The molecular formula is C17H18N2O3S3. The Balaban J connectivity index is 1.98. The zero-order valence-corrected chi connectivity index (χ0v) is 16.3. The maximum Gasteiger partial charge on any atom is 0.308 e. The van der Waals surface area contributed by atoms with Crippen molar-refractivity contribution in [3.63, 3.8) is 0 Å². The fourth-order valence-electron chi connectivity index (χ4n) is 2.55. The minimum atomic E-state index is -3.71. The summed E-state index contributed by atoms with van der Waals surface area (Å²) >= 11 is 2.62. The maximum absolute atomic E-state index is 12.7. The van der Waals surface area contributed by atoms with Crippen LogP contribution < -0.4 is 9.60 Å². The number of rotatable bonds is 6. The second-order valence-corrected chi connectivity index (χ2v) is 9.04. The number of benzene rings is 2. The molecule has 5 nitrogen and oxygen atoms in total. The molecule has 8 heteroatoms. The van der Waals surface area contributed by atoms with Crippen LogP contribution in [0.1, 0.15) is 13.3 Å². The van der Waals surface area contributed by atoms with Crippen LogP contribution in [0, 0.1) is 0 Å². The number of hydrogen-bond acceptors (Lipinski definition) is 5. The third-order valence-corrected chi connectivity index (χ3v) is 6.77. The number of thiazole rings is 1. The first-order chi connectivity index (χ1) is 11.9. The van der Waals surface area contributed by atoms with E-state index in [1.54, 1.807) is 46.7 Å². The molecule has 0 fully saturated rings. The van der Waals surface area contributed by atoms with Gasteiger partial charge in [-0.3, -0.25) is 14.1 Å². The van der Waals surface area contributed by atoms with Crippen LogP contribution >= 0.6 is 23.1 Å². The molecule has 3 rings (SSSR count). The largest absolute Gasteiger partial charge is 0.308 e. The number of aryl methyl sites for hydroxylation is 1. The second-order valence-electron chi connectivity index (χ2n) is 5.49. The molecule has 0 bridgehead atoms. The molecule has 0 spiro atoms. The highest BCUT2D eigenvalue weighted by Crippen LogP contribution is 2.25. The third-order valence-electron chi connectivity index (χ3n) is 3.72. The Bertz CT molecular complexity index is 1070. The zero-order chi connectivity index (χ0) is 18.0. The molecule has 1 aromatic heterocycles. The number of nitrogens with zero attached hydrogens (tertiary/aromatic N) is 1. The third kappa shape index (κ3) is 3.75. The van der Waals surface area contributed by atoms with Crippen LogP contribution in [0.4, 0.5) is 5.69 Å². The number of nitrogens with one attached hydrogen (secondary N) is 1. The number of sulfonamides is 1. The number of hydrogen-bond donors (Lipinski definition) is 1. The van der Waals surface area contributed by atoms with Crippen LogP contribution in [0.5, 0.6) is 0 Å². The van der Waals surface area contributed by atoms with Crippen molar-refractivity contribution in [1.29, 1.82) is 0 Å². The van der Waals surface area contributed by atoms with Crippen molar-refractivity contribution in [2.24, 2.45) is 0 Å². The normalized spacial score (nSPS) is 11.8. The SMILES string of the molecule is CCCn1c(=O)sc2cc(S(=O)(=O)Nc3cccc(SC)c3)ccc21. The zero-order valence-electron chi connectivity index (χ0n) is 13.9. The van der Waals surface area contributed by atoms with E-state index in [-0.39, 0.29) is 9.77 Å². The summed E-state index contributed by atoms with van der Waals surface area (Å²) < 4.78 is 30.3. The summed E-state index contributed by atoms with van der Waals surface area (Å²) in [5, 5.41) is 0. The Morgan fingerprint density at radius 3 is 2.72 bits per heavy atom. The van der Waals surface area contributed by atoms with Gasteiger partial charge in [0, 0.05) is 17.1 Å². The first-order valence-electron chi connectivity index (χ1n) is 7.75. The van der Waals surface area contributed by atoms with Gasteiger partial charge in [0.2, 0.25) is 0 Å². The quantitative estimate of drug-likeness (QED) is 0.642. The first kappa shape index (κ1) is 18.0. The number of fused-ring (bicyclic) bond motifs is 1. The van der Waals surface area contributed by atoms with E-state index in [1.807, 2.05) is 25.3 Å². The molecule has 0 aliphatic rings. The molecule has 0 unspecified atom stereocenters. The molecule has 0 amide bonds. The van der Waals surface area contributed by atoms with Crippen LogP contribution in [0.2, 0.25) is 0 Å². The van der Waals surface area contributed by atoms with Gasteiger partial charge < -0.3 is 0 Å². The summed E-state index contributed by atoms with van der Waals surface area (Å²) in [7, 11) is -3.71. The van der Waals surface area contributed by atoms with E-state index in [0.29, 0.717) is 16.9 Å². The van der Waals surface area contributed by atoms with E-state index >= 15 is 0 Å². The summed E-state index contributed by atoms with van der Waals surface area (Å²) in [6.07, 6.45) is 2.78. The van der Waals surface area contributed by atoms with Crippen molar-refractivity contribution < 1.29 is 8.42 Å². The summed E-state index contributed by atoms with van der Waals surface area (Å²) in [5.74, 6) is 0. The lowest BCUT2D eigenvalue weighted by atomic mass is 10.3. The molecule has 2 aromatic carbocycles. The van der Waals surface area contributed by atoms with Crippen molar-refractivity contribution in [3.05, 3.63) is 52.1 Å². The number of thioether (sulfide) groups is 1. The first-order valence-corrected chi connectivity index (χ1v) is 11.3. The summed E-state index contributed by atoms with van der Waals surface area (Å²) in [5.41, 5.74) is 1.30. The van der Waals surface area contributed by atoms with E-state index in [9.17, 15) is 13.2 Å². The van der Waals surface area contributed by atoms with Crippen LogP contribution in [0.3, 0.4) is 0 Å². The van der Waals surface area contributed by atoms with E-state index in [4.69, 9.17) is 0 Å². The average molecular weight is 395 g/mol. The Labute approximate surface area is 154 Å². The molecule has 1 heterocycles. The van der Waals surface area contributed by atoms with Crippen molar-refractivity contribution in [2.75, 3.05) is 11.0 Å². The standard InChI is InChI=1S/C17H18N2O3S3/c1-3-9-19-15-8-7-14(11-16(15)24-17(19)20)25(21,22)18-12-5-4-6-13(10-12)23-2/h4-8,10-11,18H,3,9H2,1-2H3. The topological polar surface area (TPSA) is 68.2 Å². The van der Waals surface area contributed by atoms with Gasteiger partial charge in [0.25, 0.3) is 10.0 Å². The Morgan fingerprint density at radius 1 is 1.20 bits per heavy atom. The van der Waals surface area contributed by atoms with Crippen LogP contribution in [-0.2, 0) is 16.6 Å². The van der Waals surface area contributed by atoms with Gasteiger partial charge in [0.15, 0.2) is 0 Å². The fourth-order valence-corrected chi connectivity index (χ4v) is 5.12. The minimum absolute atomic E-state index is 0.0629. The van der Waals surface area contributed by atoms with Gasteiger partial charge in [0.05, 0.1) is 15.1 Å². The smallest absolute Gasteiger partial charge is 0.299 e.